The van der Waals surface area contributed by atoms with Crippen molar-refractivity contribution in [3.8, 4) is 0 Å². The van der Waals surface area contributed by atoms with Gasteiger partial charge in [0, 0.05) is 31.9 Å². The van der Waals surface area contributed by atoms with Crippen molar-refractivity contribution < 1.29 is 9.59 Å². The normalized spacial score (nSPS) is 17.7. The number of urea groups is 1. The van der Waals surface area contributed by atoms with Gasteiger partial charge in [0.25, 0.3) is 0 Å². The number of rotatable bonds is 4. The van der Waals surface area contributed by atoms with E-state index in [0.717, 1.165) is 17.1 Å². The monoisotopic (exact) mass is 358 g/mol. The van der Waals surface area contributed by atoms with Crippen LogP contribution in [0.5, 0.6) is 0 Å². The number of hydrogen-bond acceptors (Lipinski definition) is 4. The molecule has 25 heavy (non-hydrogen) atoms. The van der Waals surface area contributed by atoms with Crippen molar-refractivity contribution >= 4 is 23.3 Å². The highest BCUT2D eigenvalue weighted by atomic mass is 32.1. The Morgan fingerprint density at radius 3 is 2.84 bits per heavy atom. The molecule has 0 bridgehead atoms. The molecule has 2 heterocycles. The second kappa shape index (κ2) is 7.65. The summed E-state index contributed by atoms with van der Waals surface area (Å²) in [5, 5.41) is 5.87. The molecule has 1 aromatic heterocycles. The van der Waals surface area contributed by atoms with Crippen LogP contribution < -0.4 is 5.32 Å². The molecule has 1 fully saturated rings. The molecule has 3 rings (SSSR count). The van der Waals surface area contributed by atoms with E-state index in [1.54, 1.807) is 35.1 Å². The Balaban J connectivity index is 1.53. The molecular formula is C18H22N4O2S. The van der Waals surface area contributed by atoms with Gasteiger partial charge in [0.05, 0.1) is 17.2 Å². The molecule has 0 saturated carbocycles. The predicted octanol–water partition coefficient (Wildman–Crippen LogP) is 2.11. The fourth-order valence-electron chi connectivity index (χ4n) is 2.84. The number of nitrogens with zero attached hydrogens (tertiary/aromatic N) is 3. The molecule has 1 aromatic carbocycles. The van der Waals surface area contributed by atoms with Crippen LogP contribution in [0, 0.1) is 0 Å². The summed E-state index contributed by atoms with van der Waals surface area (Å²) in [6, 6.07) is 9.54. The van der Waals surface area contributed by atoms with Crippen LogP contribution in [0.3, 0.4) is 0 Å². The average molecular weight is 358 g/mol. The van der Waals surface area contributed by atoms with E-state index in [-0.39, 0.29) is 11.9 Å². The summed E-state index contributed by atoms with van der Waals surface area (Å²) in [6.07, 6.45) is 0.795. The molecule has 7 heteroatoms. The van der Waals surface area contributed by atoms with Crippen LogP contribution in [0.4, 0.5) is 4.79 Å². The fourth-order valence-corrected chi connectivity index (χ4v) is 3.67. The highest BCUT2D eigenvalue weighted by Crippen LogP contribution is 2.15. The van der Waals surface area contributed by atoms with Crippen molar-refractivity contribution in [2.45, 2.75) is 25.9 Å². The average Bonchev–Trinajstić information content (AvgIpc) is 3.06. The first-order chi connectivity index (χ1) is 12.0. The van der Waals surface area contributed by atoms with Crippen LogP contribution in [0.15, 0.2) is 35.7 Å². The first kappa shape index (κ1) is 17.4. The minimum absolute atomic E-state index is 0.0276. The standard InChI is InChI=1S/C18H22N4O2S/c1-13-17(23)21(2)8-9-22(13)18(24)19-11-15-12-25-16(20-15)10-14-6-4-3-5-7-14/h3-7,12-13H,8-11H2,1-2H3,(H,19,24)/t13-/m1/s1. The van der Waals surface area contributed by atoms with Crippen molar-refractivity contribution in [2.75, 3.05) is 20.1 Å². The van der Waals surface area contributed by atoms with E-state index in [4.69, 9.17) is 0 Å². The van der Waals surface area contributed by atoms with E-state index >= 15 is 0 Å². The van der Waals surface area contributed by atoms with E-state index in [9.17, 15) is 9.59 Å². The van der Waals surface area contributed by atoms with Crippen LogP contribution in [0.1, 0.15) is 23.2 Å². The Kier molecular flexibility index (Phi) is 5.33. The molecular weight excluding hydrogens is 336 g/mol. The largest absolute Gasteiger partial charge is 0.342 e. The van der Waals surface area contributed by atoms with Gasteiger partial charge in [-0.15, -0.1) is 11.3 Å². The minimum Gasteiger partial charge on any atom is -0.342 e. The maximum atomic E-state index is 12.4. The van der Waals surface area contributed by atoms with Gasteiger partial charge >= 0.3 is 6.03 Å². The second-order valence-corrected chi connectivity index (χ2v) is 7.13. The van der Waals surface area contributed by atoms with E-state index < -0.39 is 6.04 Å². The SMILES string of the molecule is C[C@@H]1C(=O)N(C)CCN1C(=O)NCc1csc(Cc2ccccc2)n1. The molecule has 132 valence electrons. The molecule has 1 atom stereocenters. The minimum atomic E-state index is -0.428. The quantitative estimate of drug-likeness (QED) is 0.910. The zero-order chi connectivity index (χ0) is 17.8. The maximum Gasteiger partial charge on any atom is 0.318 e. The lowest BCUT2D eigenvalue weighted by Crippen LogP contribution is -2.58. The highest BCUT2D eigenvalue weighted by molar-refractivity contribution is 7.09. The topological polar surface area (TPSA) is 65.5 Å². The summed E-state index contributed by atoms with van der Waals surface area (Å²) in [5.74, 6) is -0.0276. The highest BCUT2D eigenvalue weighted by Gasteiger charge is 2.32. The van der Waals surface area contributed by atoms with Gasteiger partial charge in [-0.1, -0.05) is 30.3 Å². The summed E-state index contributed by atoms with van der Waals surface area (Å²) in [4.78, 5) is 32.2. The molecule has 1 saturated heterocycles. The van der Waals surface area contributed by atoms with Crippen molar-refractivity contribution in [1.29, 1.82) is 0 Å². The molecule has 0 radical (unpaired) electrons. The van der Waals surface area contributed by atoms with Crippen LogP contribution in [-0.4, -0.2) is 52.9 Å². The molecule has 2 aromatic rings. The number of piperazine rings is 1. The molecule has 3 amide bonds. The molecule has 1 aliphatic heterocycles. The number of carbonyl (C=O) groups is 2. The van der Waals surface area contributed by atoms with Crippen molar-refractivity contribution in [3.63, 3.8) is 0 Å². The second-order valence-electron chi connectivity index (χ2n) is 6.18. The summed E-state index contributed by atoms with van der Waals surface area (Å²) in [6.45, 7) is 3.25. The first-order valence-electron chi connectivity index (χ1n) is 8.31. The molecule has 0 spiro atoms. The van der Waals surface area contributed by atoms with Gasteiger partial charge in [0.15, 0.2) is 0 Å². The van der Waals surface area contributed by atoms with Gasteiger partial charge in [-0.3, -0.25) is 4.79 Å². The number of thiazole rings is 1. The molecule has 1 aliphatic rings. The lowest BCUT2D eigenvalue weighted by Gasteiger charge is -2.37. The number of nitrogens with one attached hydrogen (secondary N) is 1. The van der Waals surface area contributed by atoms with E-state index in [1.165, 1.54) is 5.56 Å². The van der Waals surface area contributed by atoms with Gasteiger partial charge in [-0.2, -0.15) is 0 Å². The van der Waals surface area contributed by atoms with E-state index in [0.29, 0.717) is 19.6 Å². The number of aromatic nitrogens is 1. The summed E-state index contributed by atoms with van der Waals surface area (Å²) >= 11 is 1.60. The third-order valence-corrected chi connectivity index (χ3v) is 5.25. The van der Waals surface area contributed by atoms with Gasteiger partial charge < -0.3 is 15.1 Å². The number of likely N-dealkylation sites (N-methyl/N-ethyl adjacent to an activating group) is 1. The number of hydrogen-bond donors (Lipinski definition) is 1. The van der Waals surface area contributed by atoms with Crippen LogP contribution in [0.25, 0.3) is 0 Å². The van der Waals surface area contributed by atoms with Gasteiger partial charge in [0.2, 0.25) is 5.91 Å². The van der Waals surface area contributed by atoms with Gasteiger partial charge in [-0.05, 0) is 12.5 Å². The number of amides is 3. The zero-order valence-electron chi connectivity index (χ0n) is 14.4. The van der Waals surface area contributed by atoms with E-state index in [2.05, 4.69) is 22.4 Å². The maximum absolute atomic E-state index is 12.4. The van der Waals surface area contributed by atoms with E-state index in [1.807, 2.05) is 23.6 Å². The smallest absolute Gasteiger partial charge is 0.318 e. The van der Waals surface area contributed by atoms with Crippen molar-refractivity contribution in [2.24, 2.45) is 0 Å². The molecule has 6 nitrogen and oxygen atoms in total. The zero-order valence-corrected chi connectivity index (χ0v) is 15.3. The number of benzene rings is 1. The lowest BCUT2D eigenvalue weighted by molar-refractivity contribution is -0.137. The fraction of sp³-hybridized carbons (Fsp3) is 0.389. The third kappa shape index (κ3) is 4.17. The van der Waals surface area contributed by atoms with Gasteiger partial charge in [-0.25, -0.2) is 9.78 Å². The Morgan fingerprint density at radius 2 is 2.08 bits per heavy atom. The van der Waals surface area contributed by atoms with Crippen LogP contribution in [-0.2, 0) is 17.8 Å². The third-order valence-electron chi connectivity index (χ3n) is 4.36. The van der Waals surface area contributed by atoms with Crippen molar-refractivity contribution in [3.05, 3.63) is 52.0 Å². The number of carbonyl (C=O) groups excluding carboxylic acids is 2. The Hall–Kier alpha value is -2.41. The summed E-state index contributed by atoms with van der Waals surface area (Å²) in [7, 11) is 1.76. The Labute approximate surface area is 151 Å². The molecule has 0 aliphatic carbocycles. The Bertz CT molecular complexity index is 747. The summed E-state index contributed by atoms with van der Waals surface area (Å²) in [5.41, 5.74) is 2.06. The van der Waals surface area contributed by atoms with Gasteiger partial charge in [0.1, 0.15) is 6.04 Å². The molecule has 0 unspecified atom stereocenters. The lowest BCUT2D eigenvalue weighted by atomic mass is 10.2. The predicted molar refractivity (Wildman–Crippen MR) is 97.4 cm³/mol. The van der Waals surface area contributed by atoms with Crippen LogP contribution in [0.2, 0.25) is 0 Å². The first-order valence-corrected chi connectivity index (χ1v) is 9.19. The molecule has 1 N–H and O–H groups in total. The van der Waals surface area contributed by atoms with Crippen molar-refractivity contribution in [1.82, 2.24) is 20.1 Å². The van der Waals surface area contributed by atoms with Crippen LogP contribution >= 0.6 is 11.3 Å². The Morgan fingerprint density at radius 1 is 1.32 bits per heavy atom. The summed E-state index contributed by atoms with van der Waals surface area (Å²) < 4.78 is 0.